The maximum atomic E-state index is 11.9. The second-order valence-corrected chi connectivity index (χ2v) is 6.37. The van der Waals surface area contributed by atoms with Crippen LogP contribution in [0.2, 0.25) is 0 Å². The lowest BCUT2D eigenvalue weighted by molar-refractivity contribution is -0.148. The Balaban J connectivity index is 2.27. The van der Waals surface area contributed by atoms with Gasteiger partial charge < -0.3 is 15.0 Å². The summed E-state index contributed by atoms with van der Waals surface area (Å²) in [5, 5.41) is 3.26. The minimum Gasteiger partial charge on any atom is -0.468 e. The van der Waals surface area contributed by atoms with Crippen LogP contribution in [-0.4, -0.2) is 49.7 Å². The highest BCUT2D eigenvalue weighted by atomic mass is 16.5. The first kappa shape index (κ1) is 17.4. The Labute approximate surface area is 124 Å². The van der Waals surface area contributed by atoms with Crippen LogP contribution in [-0.2, 0) is 9.53 Å². The summed E-state index contributed by atoms with van der Waals surface area (Å²) in [4.78, 5) is 14.3. The topological polar surface area (TPSA) is 41.6 Å². The molecule has 1 aliphatic carbocycles. The molecular weight excluding hydrogens is 252 g/mol. The van der Waals surface area contributed by atoms with Crippen molar-refractivity contribution < 1.29 is 9.53 Å². The van der Waals surface area contributed by atoms with Crippen LogP contribution in [0.25, 0.3) is 0 Å². The molecule has 0 spiro atoms. The Kier molecular flexibility index (Phi) is 6.96. The van der Waals surface area contributed by atoms with Crippen LogP contribution in [0.15, 0.2) is 0 Å². The fourth-order valence-electron chi connectivity index (χ4n) is 2.86. The predicted molar refractivity (Wildman–Crippen MR) is 82.8 cm³/mol. The summed E-state index contributed by atoms with van der Waals surface area (Å²) in [7, 11) is 3.68. The van der Waals surface area contributed by atoms with E-state index in [0.29, 0.717) is 6.04 Å². The van der Waals surface area contributed by atoms with E-state index in [0.717, 1.165) is 38.3 Å². The van der Waals surface area contributed by atoms with Crippen LogP contribution in [0.5, 0.6) is 0 Å². The third-order valence-corrected chi connectivity index (χ3v) is 4.64. The first-order valence-corrected chi connectivity index (χ1v) is 7.98. The van der Waals surface area contributed by atoms with Crippen LogP contribution < -0.4 is 5.32 Å². The summed E-state index contributed by atoms with van der Waals surface area (Å²) in [6, 6.07) is 0.704. The van der Waals surface area contributed by atoms with Crippen LogP contribution >= 0.6 is 0 Å². The summed E-state index contributed by atoms with van der Waals surface area (Å²) >= 11 is 0. The van der Waals surface area contributed by atoms with E-state index in [1.54, 1.807) is 0 Å². The van der Waals surface area contributed by atoms with E-state index >= 15 is 0 Å². The molecule has 4 nitrogen and oxygen atoms in total. The van der Waals surface area contributed by atoms with Crippen molar-refractivity contribution in [3.8, 4) is 0 Å². The zero-order valence-electron chi connectivity index (χ0n) is 13.9. The van der Waals surface area contributed by atoms with E-state index in [1.807, 2.05) is 13.8 Å². The molecule has 1 saturated carbocycles. The van der Waals surface area contributed by atoms with Gasteiger partial charge in [-0.2, -0.15) is 0 Å². The SMILES string of the molecule is CCNC(C)(CCCCN(C)C(C)C1CC1)C(=O)OC. The van der Waals surface area contributed by atoms with Gasteiger partial charge in [-0.1, -0.05) is 6.92 Å². The predicted octanol–water partition coefficient (Wildman–Crippen LogP) is 2.43. The van der Waals surface area contributed by atoms with Crippen molar-refractivity contribution in [1.29, 1.82) is 0 Å². The van der Waals surface area contributed by atoms with Gasteiger partial charge in [0.25, 0.3) is 0 Å². The number of hydrogen-bond donors (Lipinski definition) is 1. The van der Waals surface area contributed by atoms with Gasteiger partial charge in [-0.25, -0.2) is 0 Å². The molecule has 0 amide bonds. The fraction of sp³-hybridized carbons (Fsp3) is 0.938. The minimum atomic E-state index is -0.538. The van der Waals surface area contributed by atoms with Crippen molar-refractivity contribution in [2.75, 3.05) is 27.2 Å². The van der Waals surface area contributed by atoms with Gasteiger partial charge in [0, 0.05) is 6.04 Å². The molecular formula is C16H32N2O2. The molecule has 4 heteroatoms. The van der Waals surface area contributed by atoms with Crippen LogP contribution in [0, 0.1) is 5.92 Å². The summed E-state index contributed by atoms with van der Waals surface area (Å²) in [6.07, 6.45) is 5.80. The molecule has 1 rings (SSSR count). The molecule has 118 valence electrons. The van der Waals surface area contributed by atoms with Gasteiger partial charge in [-0.15, -0.1) is 0 Å². The molecule has 0 aliphatic heterocycles. The molecule has 1 aliphatic rings. The molecule has 0 saturated heterocycles. The molecule has 2 unspecified atom stereocenters. The molecule has 2 atom stereocenters. The summed E-state index contributed by atoms with van der Waals surface area (Å²) < 4.78 is 4.91. The number of esters is 1. The van der Waals surface area contributed by atoms with E-state index in [-0.39, 0.29) is 5.97 Å². The lowest BCUT2D eigenvalue weighted by atomic mass is 9.94. The Morgan fingerprint density at radius 3 is 2.60 bits per heavy atom. The minimum absolute atomic E-state index is 0.154. The number of hydrogen-bond acceptors (Lipinski definition) is 4. The number of nitrogens with one attached hydrogen (secondary N) is 1. The van der Waals surface area contributed by atoms with Crippen molar-refractivity contribution in [2.45, 2.75) is 64.5 Å². The molecule has 0 aromatic carbocycles. The third-order valence-electron chi connectivity index (χ3n) is 4.64. The lowest BCUT2D eigenvalue weighted by Gasteiger charge is -2.28. The maximum absolute atomic E-state index is 11.9. The van der Waals surface area contributed by atoms with Gasteiger partial charge in [0.05, 0.1) is 7.11 Å². The van der Waals surface area contributed by atoms with Gasteiger partial charge in [-0.05, 0) is 72.0 Å². The number of ether oxygens (including phenoxy) is 1. The van der Waals surface area contributed by atoms with Crippen molar-refractivity contribution in [1.82, 2.24) is 10.2 Å². The molecule has 0 bridgehead atoms. The highest BCUT2D eigenvalue weighted by Crippen LogP contribution is 2.34. The van der Waals surface area contributed by atoms with Crippen molar-refractivity contribution in [2.24, 2.45) is 5.92 Å². The van der Waals surface area contributed by atoms with Crippen LogP contribution in [0.1, 0.15) is 52.9 Å². The summed E-state index contributed by atoms with van der Waals surface area (Å²) in [5.74, 6) is 0.765. The van der Waals surface area contributed by atoms with Gasteiger partial charge in [0.15, 0.2) is 0 Å². The van der Waals surface area contributed by atoms with E-state index in [4.69, 9.17) is 4.74 Å². The smallest absolute Gasteiger partial charge is 0.325 e. The first-order valence-electron chi connectivity index (χ1n) is 7.98. The summed E-state index contributed by atoms with van der Waals surface area (Å²) in [5.41, 5.74) is -0.538. The van der Waals surface area contributed by atoms with Gasteiger partial charge >= 0.3 is 5.97 Å². The number of nitrogens with zero attached hydrogens (tertiary/aromatic N) is 1. The molecule has 0 aromatic rings. The Morgan fingerprint density at radius 1 is 1.45 bits per heavy atom. The number of methoxy groups -OCH3 is 1. The number of unbranched alkanes of at least 4 members (excludes halogenated alkanes) is 1. The molecule has 0 heterocycles. The van der Waals surface area contributed by atoms with E-state index in [2.05, 4.69) is 24.2 Å². The van der Waals surface area contributed by atoms with Crippen molar-refractivity contribution >= 4 is 5.97 Å². The Hall–Kier alpha value is -0.610. The van der Waals surface area contributed by atoms with E-state index < -0.39 is 5.54 Å². The Bertz CT molecular complexity index is 305. The monoisotopic (exact) mass is 284 g/mol. The van der Waals surface area contributed by atoms with Gasteiger partial charge in [0.1, 0.15) is 5.54 Å². The average molecular weight is 284 g/mol. The number of likely N-dealkylation sites (N-methyl/N-ethyl adjacent to an activating group) is 1. The molecule has 0 radical (unpaired) electrons. The van der Waals surface area contributed by atoms with Crippen LogP contribution in [0.3, 0.4) is 0 Å². The lowest BCUT2D eigenvalue weighted by Crippen LogP contribution is -2.50. The number of carbonyl (C=O) groups is 1. The molecule has 20 heavy (non-hydrogen) atoms. The molecule has 1 N–H and O–H groups in total. The zero-order valence-corrected chi connectivity index (χ0v) is 13.9. The standard InChI is InChI=1S/C16H32N2O2/c1-6-17-16(3,15(19)20-5)11-7-8-12-18(4)13(2)14-9-10-14/h13-14,17H,6-12H2,1-5H3. The Morgan fingerprint density at radius 2 is 2.10 bits per heavy atom. The average Bonchev–Trinajstić information content (AvgIpc) is 3.26. The van der Waals surface area contributed by atoms with Crippen LogP contribution in [0.4, 0.5) is 0 Å². The highest BCUT2D eigenvalue weighted by molar-refractivity contribution is 5.80. The molecule has 1 fully saturated rings. The second-order valence-electron chi connectivity index (χ2n) is 6.37. The number of carbonyl (C=O) groups excluding carboxylic acids is 1. The third kappa shape index (κ3) is 5.06. The fourth-order valence-corrected chi connectivity index (χ4v) is 2.86. The summed E-state index contributed by atoms with van der Waals surface area (Å²) in [6.45, 7) is 8.19. The van der Waals surface area contributed by atoms with Crippen molar-refractivity contribution in [3.05, 3.63) is 0 Å². The maximum Gasteiger partial charge on any atom is 0.325 e. The number of rotatable bonds is 10. The van der Waals surface area contributed by atoms with Gasteiger partial charge in [0.2, 0.25) is 0 Å². The van der Waals surface area contributed by atoms with Crippen molar-refractivity contribution in [3.63, 3.8) is 0 Å². The first-order chi connectivity index (χ1) is 9.44. The molecule has 0 aromatic heterocycles. The van der Waals surface area contributed by atoms with E-state index in [1.165, 1.54) is 20.0 Å². The van der Waals surface area contributed by atoms with Gasteiger partial charge in [-0.3, -0.25) is 4.79 Å². The zero-order chi connectivity index (χ0) is 15.2. The largest absolute Gasteiger partial charge is 0.468 e. The van der Waals surface area contributed by atoms with E-state index in [9.17, 15) is 4.79 Å². The highest BCUT2D eigenvalue weighted by Gasteiger charge is 2.33. The quantitative estimate of drug-likeness (QED) is 0.494. The second kappa shape index (κ2) is 7.99. The normalized spacial score (nSPS) is 19.7.